The molecule has 46 valence electrons. The van der Waals surface area contributed by atoms with Crippen molar-refractivity contribution in [2.45, 2.75) is 24.9 Å². The molecule has 0 aromatic carbocycles. The van der Waals surface area contributed by atoms with E-state index in [1.165, 1.54) is 0 Å². The van der Waals surface area contributed by atoms with Crippen LogP contribution in [-0.4, -0.2) is 30.2 Å². The summed E-state index contributed by atoms with van der Waals surface area (Å²) in [5.74, 6) is 0. The molecule has 0 aromatic heterocycles. The largest absolute Gasteiger partial charge is 0.390 e. The van der Waals surface area contributed by atoms with Gasteiger partial charge in [0, 0.05) is 6.42 Å². The molecule has 0 radical (unpaired) electrons. The summed E-state index contributed by atoms with van der Waals surface area (Å²) < 4.78 is 10.2. The van der Waals surface area contributed by atoms with E-state index in [1.54, 1.807) is 0 Å². The maximum absolute atomic E-state index is 9.01. The average Bonchev–Trinajstić information content (AvgIpc) is 2.23. The molecule has 3 nitrogen and oxygen atoms in total. The normalized spacial score (nSPS) is 52.9. The van der Waals surface area contributed by atoms with Crippen LogP contribution in [0.2, 0.25) is 0 Å². The fourth-order valence-electron chi connectivity index (χ4n) is 1.15. The molecule has 0 unspecified atom stereocenters. The fourth-order valence-corrected chi connectivity index (χ4v) is 1.15. The van der Waals surface area contributed by atoms with Crippen molar-refractivity contribution < 1.29 is 14.6 Å². The molecule has 2 bridgehead atoms. The predicted octanol–water partition coefficient (Wildman–Crippen LogP) is -0.508. The number of hydrogen-bond donors (Lipinski definition) is 1. The number of fused-ring (bicyclic) bond motifs is 2. The molecule has 2 rings (SSSR count). The van der Waals surface area contributed by atoms with E-state index in [-0.39, 0.29) is 18.5 Å². The molecule has 0 spiro atoms. The zero-order chi connectivity index (χ0) is 5.56. The lowest BCUT2D eigenvalue weighted by molar-refractivity contribution is -0.0292. The summed E-state index contributed by atoms with van der Waals surface area (Å²) in [7, 11) is 0. The van der Waals surface area contributed by atoms with Gasteiger partial charge in [0.1, 0.15) is 6.10 Å². The van der Waals surface area contributed by atoms with Gasteiger partial charge in [0.15, 0.2) is 6.29 Å². The Kier molecular flexibility index (Phi) is 0.848. The minimum absolute atomic E-state index is 0.0278. The molecule has 2 heterocycles. The SMILES string of the molecule is O[C@H]1C[C@H]2OC[C@H]1O2. The van der Waals surface area contributed by atoms with Crippen molar-refractivity contribution >= 4 is 0 Å². The smallest absolute Gasteiger partial charge is 0.160 e. The third kappa shape index (κ3) is 0.491. The van der Waals surface area contributed by atoms with Crippen LogP contribution < -0.4 is 0 Å². The Morgan fingerprint density at radius 2 is 2.38 bits per heavy atom. The van der Waals surface area contributed by atoms with Crippen molar-refractivity contribution in [3.63, 3.8) is 0 Å². The summed E-state index contributed by atoms with van der Waals surface area (Å²) in [6, 6.07) is 0. The summed E-state index contributed by atoms with van der Waals surface area (Å²) >= 11 is 0. The summed E-state index contributed by atoms with van der Waals surface area (Å²) in [5, 5.41) is 9.01. The van der Waals surface area contributed by atoms with Crippen molar-refractivity contribution in [1.82, 2.24) is 0 Å². The van der Waals surface area contributed by atoms with Crippen LogP contribution in [-0.2, 0) is 9.47 Å². The standard InChI is InChI=1S/C5H8O3/c6-3-1-5-7-2-4(3)8-5/h3-6H,1-2H2/t3-,4+,5-/m0/s1. The predicted molar refractivity (Wildman–Crippen MR) is 25.2 cm³/mol. The van der Waals surface area contributed by atoms with Crippen molar-refractivity contribution in [1.29, 1.82) is 0 Å². The van der Waals surface area contributed by atoms with E-state index in [0.717, 1.165) is 0 Å². The van der Waals surface area contributed by atoms with Crippen molar-refractivity contribution in [3.05, 3.63) is 0 Å². The zero-order valence-corrected chi connectivity index (χ0v) is 4.41. The van der Waals surface area contributed by atoms with Gasteiger partial charge in [-0.3, -0.25) is 0 Å². The maximum atomic E-state index is 9.01. The molecule has 0 aliphatic carbocycles. The number of rotatable bonds is 0. The van der Waals surface area contributed by atoms with Crippen molar-refractivity contribution in [2.24, 2.45) is 0 Å². The van der Waals surface area contributed by atoms with E-state index in [9.17, 15) is 0 Å². The van der Waals surface area contributed by atoms with E-state index in [4.69, 9.17) is 14.6 Å². The highest BCUT2D eigenvalue weighted by Gasteiger charge is 2.40. The summed E-state index contributed by atoms with van der Waals surface area (Å²) in [6.45, 7) is 0.575. The van der Waals surface area contributed by atoms with Gasteiger partial charge in [-0.15, -0.1) is 0 Å². The number of hydrogen-bond acceptors (Lipinski definition) is 3. The minimum atomic E-state index is -0.270. The molecule has 2 aliphatic rings. The van der Waals surface area contributed by atoms with Crippen LogP contribution in [0.15, 0.2) is 0 Å². The second kappa shape index (κ2) is 1.43. The van der Waals surface area contributed by atoms with Gasteiger partial charge >= 0.3 is 0 Å². The molecule has 2 aliphatic heterocycles. The average molecular weight is 116 g/mol. The van der Waals surface area contributed by atoms with E-state index in [1.807, 2.05) is 0 Å². The first kappa shape index (κ1) is 4.73. The maximum Gasteiger partial charge on any atom is 0.160 e. The van der Waals surface area contributed by atoms with Crippen molar-refractivity contribution in [3.8, 4) is 0 Å². The first-order valence-corrected chi connectivity index (χ1v) is 2.81. The molecule has 2 saturated heterocycles. The van der Waals surface area contributed by atoms with Crippen molar-refractivity contribution in [2.75, 3.05) is 6.61 Å². The van der Waals surface area contributed by atoms with Crippen LogP contribution >= 0.6 is 0 Å². The Morgan fingerprint density at radius 3 is 2.62 bits per heavy atom. The second-order valence-corrected chi connectivity index (χ2v) is 2.24. The van der Waals surface area contributed by atoms with Gasteiger partial charge < -0.3 is 14.6 Å². The molecule has 0 saturated carbocycles. The zero-order valence-electron chi connectivity index (χ0n) is 4.41. The lowest BCUT2D eigenvalue weighted by Crippen LogP contribution is -2.26. The minimum Gasteiger partial charge on any atom is -0.390 e. The highest BCUT2D eigenvalue weighted by molar-refractivity contribution is 4.82. The number of ether oxygens (including phenoxy) is 2. The van der Waals surface area contributed by atoms with E-state index in [2.05, 4.69) is 0 Å². The molecular formula is C5H8O3. The molecular weight excluding hydrogens is 108 g/mol. The van der Waals surface area contributed by atoms with E-state index < -0.39 is 0 Å². The van der Waals surface area contributed by atoms with Gasteiger partial charge in [0.25, 0.3) is 0 Å². The first-order chi connectivity index (χ1) is 3.86. The van der Waals surface area contributed by atoms with Gasteiger partial charge in [-0.25, -0.2) is 0 Å². The van der Waals surface area contributed by atoms with E-state index in [0.29, 0.717) is 13.0 Å². The molecule has 1 N–H and O–H groups in total. The third-order valence-electron chi connectivity index (χ3n) is 1.64. The van der Waals surface area contributed by atoms with Gasteiger partial charge in [0.2, 0.25) is 0 Å². The summed E-state index contributed by atoms with van der Waals surface area (Å²) in [5.41, 5.74) is 0. The molecule has 8 heavy (non-hydrogen) atoms. The molecule has 0 amide bonds. The topological polar surface area (TPSA) is 38.7 Å². The van der Waals surface area contributed by atoms with Crippen LogP contribution in [0.4, 0.5) is 0 Å². The Morgan fingerprint density at radius 1 is 1.50 bits per heavy atom. The molecule has 3 atom stereocenters. The van der Waals surface area contributed by atoms with Gasteiger partial charge in [-0.1, -0.05) is 0 Å². The van der Waals surface area contributed by atoms with Crippen LogP contribution in [0.1, 0.15) is 6.42 Å². The Labute approximate surface area is 47.2 Å². The highest BCUT2D eigenvalue weighted by Crippen LogP contribution is 2.27. The molecule has 3 heteroatoms. The lowest BCUT2D eigenvalue weighted by Gasteiger charge is -2.10. The van der Waals surface area contributed by atoms with E-state index >= 15 is 0 Å². The highest BCUT2D eigenvalue weighted by atomic mass is 16.7. The number of aliphatic hydroxyl groups is 1. The van der Waals surface area contributed by atoms with Crippen LogP contribution in [0, 0.1) is 0 Å². The Hall–Kier alpha value is -0.120. The quantitative estimate of drug-likeness (QED) is 0.463. The molecule has 2 fully saturated rings. The summed E-state index contributed by atoms with van der Waals surface area (Å²) in [6.07, 6.45) is 0.258. The van der Waals surface area contributed by atoms with Gasteiger partial charge in [-0.2, -0.15) is 0 Å². The number of aliphatic hydroxyl groups excluding tert-OH is 1. The van der Waals surface area contributed by atoms with Crippen LogP contribution in [0.5, 0.6) is 0 Å². The van der Waals surface area contributed by atoms with Gasteiger partial charge in [0.05, 0.1) is 12.7 Å². The van der Waals surface area contributed by atoms with Crippen LogP contribution in [0.25, 0.3) is 0 Å². The van der Waals surface area contributed by atoms with Gasteiger partial charge in [-0.05, 0) is 0 Å². The van der Waals surface area contributed by atoms with Crippen LogP contribution in [0.3, 0.4) is 0 Å². The first-order valence-electron chi connectivity index (χ1n) is 2.81. The Bertz CT molecular complexity index is 102. The molecule has 0 aromatic rings. The fraction of sp³-hybridized carbons (Fsp3) is 1.00. The summed E-state index contributed by atoms with van der Waals surface area (Å²) in [4.78, 5) is 0. The second-order valence-electron chi connectivity index (χ2n) is 2.24. The third-order valence-corrected chi connectivity index (χ3v) is 1.64. The lowest BCUT2D eigenvalue weighted by atomic mass is 10.2. The Balaban J connectivity index is 2.11. The monoisotopic (exact) mass is 116 g/mol.